The number of nitrogens with zero attached hydrogens (tertiary/aromatic N) is 2. The summed E-state index contributed by atoms with van der Waals surface area (Å²) in [4.78, 5) is 14.7. The molecule has 5 nitrogen and oxygen atoms in total. The average molecular weight is 241 g/mol. The molecule has 0 saturated heterocycles. The van der Waals surface area contributed by atoms with Crippen molar-refractivity contribution in [2.45, 2.75) is 0 Å². The second-order valence-electron chi connectivity index (χ2n) is 3.51. The van der Waals surface area contributed by atoms with Crippen molar-refractivity contribution >= 4 is 17.9 Å². The van der Waals surface area contributed by atoms with E-state index in [-0.39, 0.29) is 5.56 Å². The minimum atomic E-state index is -0.946. The van der Waals surface area contributed by atoms with Crippen LogP contribution < -0.4 is 5.43 Å². The van der Waals surface area contributed by atoms with E-state index in [9.17, 15) is 4.79 Å². The molecule has 5 heteroatoms. The molecule has 0 unspecified atom stereocenters. The number of pyridine rings is 1. The van der Waals surface area contributed by atoms with Crippen LogP contribution in [0.5, 0.6) is 0 Å². The molecule has 18 heavy (non-hydrogen) atoms. The number of anilines is 1. The first kappa shape index (κ1) is 11.8. The molecule has 0 amide bonds. The number of carbonyl (C=O) groups is 1. The lowest BCUT2D eigenvalue weighted by molar-refractivity contribution is 0.0697. The van der Waals surface area contributed by atoms with Gasteiger partial charge in [-0.15, -0.1) is 0 Å². The van der Waals surface area contributed by atoms with Gasteiger partial charge in [-0.3, -0.25) is 10.4 Å². The summed E-state index contributed by atoms with van der Waals surface area (Å²) in [5.41, 5.74) is 4.50. The number of hydrogen-bond acceptors (Lipinski definition) is 4. The first-order valence-corrected chi connectivity index (χ1v) is 5.29. The third kappa shape index (κ3) is 3.15. The van der Waals surface area contributed by atoms with E-state index in [2.05, 4.69) is 15.5 Å². The maximum Gasteiger partial charge on any atom is 0.335 e. The van der Waals surface area contributed by atoms with Crippen LogP contribution in [0.15, 0.2) is 53.8 Å². The van der Waals surface area contributed by atoms with E-state index in [1.807, 2.05) is 18.2 Å². The summed E-state index contributed by atoms with van der Waals surface area (Å²) in [6, 6.07) is 11.9. The van der Waals surface area contributed by atoms with Crippen molar-refractivity contribution < 1.29 is 9.90 Å². The number of carboxylic acids is 1. The van der Waals surface area contributed by atoms with Crippen molar-refractivity contribution in [3.05, 3.63) is 59.9 Å². The largest absolute Gasteiger partial charge is 0.478 e. The van der Waals surface area contributed by atoms with Crippen LogP contribution in [-0.4, -0.2) is 22.3 Å². The number of aromatic nitrogens is 1. The highest BCUT2D eigenvalue weighted by Gasteiger charge is 2.00. The van der Waals surface area contributed by atoms with Crippen molar-refractivity contribution in [3.63, 3.8) is 0 Å². The topological polar surface area (TPSA) is 74.6 Å². The predicted octanol–water partition coefficient (Wildman–Crippen LogP) is 2.23. The summed E-state index contributed by atoms with van der Waals surface area (Å²) < 4.78 is 0. The summed E-state index contributed by atoms with van der Waals surface area (Å²) in [6.07, 6.45) is 3.27. The van der Waals surface area contributed by atoms with Gasteiger partial charge in [-0.1, -0.05) is 6.07 Å². The third-order valence-electron chi connectivity index (χ3n) is 2.21. The minimum Gasteiger partial charge on any atom is -0.478 e. The summed E-state index contributed by atoms with van der Waals surface area (Å²) in [6.45, 7) is 0. The van der Waals surface area contributed by atoms with Crippen LogP contribution in [0.3, 0.4) is 0 Å². The molecule has 2 N–H and O–H groups in total. The Morgan fingerprint density at radius 3 is 2.61 bits per heavy atom. The molecule has 1 heterocycles. The molecule has 0 bridgehead atoms. The predicted molar refractivity (Wildman–Crippen MR) is 68.9 cm³/mol. The molecule has 90 valence electrons. The molecule has 1 aromatic carbocycles. The Bertz CT molecular complexity index is 550. The van der Waals surface area contributed by atoms with Gasteiger partial charge in [0.1, 0.15) is 0 Å². The summed E-state index contributed by atoms with van der Waals surface area (Å²) in [5, 5.41) is 12.7. The first-order valence-electron chi connectivity index (χ1n) is 5.29. The highest BCUT2D eigenvalue weighted by atomic mass is 16.4. The van der Waals surface area contributed by atoms with E-state index in [1.165, 1.54) is 12.1 Å². The standard InChI is InChI=1S/C13H11N3O2/c17-13(18)10-4-6-11(7-5-10)16-15-9-12-3-1-2-8-14-12/h1-9,16H,(H,17,18). The van der Waals surface area contributed by atoms with Gasteiger partial charge < -0.3 is 5.11 Å². The zero-order chi connectivity index (χ0) is 12.8. The summed E-state index contributed by atoms with van der Waals surface area (Å²) in [5.74, 6) is -0.946. The Hall–Kier alpha value is -2.69. The van der Waals surface area contributed by atoms with Crippen LogP contribution in [0.25, 0.3) is 0 Å². The molecule has 1 aromatic heterocycles. The lowest BCUT2D eigenvalue weighted by Crippen LogP contribution is -1.96. The number of benzene rings is 1. The van der Waals surface area contributed by atoms with Crippen LogP contribution in [-0.2, 0) is 0 Å². The van der Waals surface area contributed by atoms with Crippen molar-refractivity contribution in [1.29, 1.82) is 0 Å². The Balaban J connectivity index is 1.98. The quantitative estimate of drug-likeness (QED) is 0.635. The highest BCUT2D eigenvalue weighted by molar-refractivity contribution is 5.88. The highest BCUT2D eigenvalue weighted by Crippen LogP contribution is 2.09. The van der Waals surface area contributed by atoms with Gasteiger partial charge >= 0.3 is 5.97 Å². The number of carboxylic acid groups (broad SMARTS) is 1. The van der Waals surface area contributed by atoms with E-state index < -0.39 is 5.97 Å². The molecule has 0 aliphatic heterocycles. The van der Waals surface area contributed by atoms with E-state index in [0.717, 1.165) is 5.69 Å². The van der Waals surface area contributed by atoms with Crippen molar-refractivity contribution in [3.8, 4) is 0 Å². The van der Waals surface area contributed by atoms with E-state index in [1.54, 1.807) is 24.5 Å². The van der Waals surface area contributed by atoms with E-state index >= 15 is 0 Å². The van der Waals surface area contributed by atoms with E-state index in [0.29, 0.717) is 5.69 Å². The van der Waals surface area contributed by atoms with Gasteiger partial charge in [0.15, 0.2) is 0 Å². The maximum atomic E-state index is 10.7. The molecule has 0 radical (unpaired) electrons. The molecule has 0 aliphatic rings. The fourth-order valence-corrected chi connectivity index (χ4v) is 1.31. The van der Waals surface area contributed by atoms with Gasteiger partial charge in [0.05, 0.1) is 23.2 Å². The van der Waals surface area contributed by atoms with Crippen molar-refractivity contribution in [2.75, 3.05) is 5.43 Å². The molecule has 2 rings (SSSR count). The van der Waals surface area contributed by atoms with Crippen LogP contribution in [0.2, 0.25) is 0 Å². The Morgan fingerprint density at radius 1 is 1.22 bits per heavy atom. The maximum absolute atomic E-state index is 10.7. The summed E-state index contributed by atoms with van der Waals surface area (Å²) >= 11 is 0. The molecular formula is C13H11N3O2. The number of nitrogens with one attached hydrogen (secondary N) is 1. The van der Waals surface area contributed by atoms with Crippen LogP contribution >= 0.6 is 0 Å². The lowest BCUT2D eigenvalue weighted by Gasteiger charge is -2.00. The van der Waals surface area contributed by atoms with Gasteiger partial charge in [-0.05, 0) is 36.4 Å². The Morgan fingerprint density at radius 2 is 2.00 bits per heavy atom. The monoisotopic (exact) mass is 241 g/mol. The van der Waals surface area contributed by atoms with Crippen LogP contribution in [0.4, 0.5) is 5.69 Å². The van der Waals surface area contributed by atoms with Gasteiger partial charge in [0.25, 0.3) is 0 Å². The molecule has 0 saturated carbocycles. The van der Waals surface area contributed by atoms with E-state index in [4.69, 9.17) is 5.11 Å². The molecule has 0 atom stereocenters. The normalized spacial score (nSPS) is 10.4. The van der Waals surface area contributed by atoms with Crippen LogP contribution in [0, 0.1) is 0 Å². The molecular weight excluding hydrogens is 230 g/mol. The second kappa shape index (κ2) is 5.58. The number of rotatable bonds is 4. The number of hydrazone groups is 1. The summed E-state index contributed by atoms with van der Waals surface area (Å²) in [7, 11) is 0. The smallest absolute Gasteiger partial charge is 0.335 e. The zero-order valence-electron chi connectivity index (χ0n) is 9.45. The number of aromatic carboxylic acids is 1. The molecule has 2 aromatic rings. The Labute approximate surface area is 104 Å². The zero-order valence-corrected chi connectivity index (χ0v) is 9.45. The fourth-order valence-electron chi connectivity index (χ4n) is 1.31. The van der Waals surface area contributed by atoms with Gasteiger partial charge in [-0.2, -0.15) is 5.10 Å². The van der Waals surface area contributed by atoms with Gasteiger partial charge in [-0.25, -0.2) is 4.79 Å². The average Bonchev–Trinajstić information content (AvgIpc) is 2.40. The van der Waals surface area contributed by atoms with Gasteiger partial charge in [0, 0.05) is 6.20 Å². The SMILES string of the molecule is O=C(O)c1ccc(NN=Cc2ccccn2)cc1. The third-order valence-corrected chi connectivity index (χ3v) is 2.21. The Kier molecular flexibility index (Phi) is 3.66. The first-order chi connectivity index (χ1) is 8.75. The van der Waals surface area contributed by atoms with Gasteiger partial charge in [0.2, 0.25) is 0 Å². The van der Waals surface area contributed by atoms with Crippen molar-refractivity contribution in [2.24, 2.45) is 5.10 Å². The molecule has 0 aliphatic carbocycles. The van der Waals surface area contributed by atoms with Crippen LogP contribution in [0.1, 0.15) is 16.1 Å². The lowest BCUT2D eigenvalue weighted by atomic mass is 10.2. The molecule has 0 fully saturated rings. The second-order valence-corrected chi connectivity index (χ2v) is 3.51. The fraction of sp³-hybridized carbons (Fsp3) is 0. The van der Waals surface area contributed by atoms with Crippen molar-refractivity contribution in [1.82, 2.24) is 4.98 Å². The minimum absolute atomic E-state index is 0.245. The number of hydrogen-bond donors (Lipinski definition) is 2. The molecule has 0 spiro atoms.